The minimum atomic E-state index is 0.407. The fourth-order valence-corrected chi connectivity index (χ4v) is 2.11. The smallest absolute Gasteiger partial charge is 0.0122 e. The molecule has 0 heterocycles. The van der Waals surface area contributed by atoms with Crippen LogP contribution in [0.15, 0.2) is 12.7 Å². The predicted molar refractivity (Wildman–Crippen MR) is 51.6 cm³/mol. The molecule has 0 rings (SSSR count). The summed E-state index contributed by atoms with van der Waals surface area (Å²) in [4.78, 5) is 0.613. The molecule has 60 valence electrons. The third kappa shape index (κ3) is 5.04. The van der Waals surface area contributed by atoms with Crippen LogP contribution < -0.4 is 0 Å². The second kappa shape index (κ2) is 4.17. The van der Waals surface area contributed by atoms with E-state index < -0.39 is 0 Å². The molecule has 0 saturated heterocycles. The van der Waals surface area contributed by atoms with Gasteiger partial charge < -0.3 is 0 Å². The summed E-state index contributed by atoms with van der Waals surface area (Å²) >= 11 is 3.55. The number of hydrogen-bond donors (Lipinski definition) is 0. The van der Waals surface area contributed by atoms with Gasteiger partial charge in [0.1, 0.15) is 0 Å². The minimum Gasteiger partial charge on any atom is -0.103 e. The van der Waals surface area contributed by atoms with Gasteiger partial charge in [-0.05, 0) is 18.3 Å². The third-order valence-electron chi connectivity index (χ3n) is 1.53. The fourth-order valence-electron chi connectivity index (χ4n) is 1.24. The van der Waals surface area contributed by atoms with Gasteiger partial charge in [0.15, 0.2) is 0 Å². The maximum absolute atomic E-state index is 3.74. The molecule has 0 aliphatic heterocycles. The summed E-state index contributed by atoms with van der Waals surface area (Å²) in [5.74, 6) is 0. The molecule has 0 aliphatic rings. The van der Waals surface area contributed by atoms with Gasteiger partial charge in [0.25, 0.3) is 0 Å². The van der Waals surface area contributed by atoms with Gasteiger partial charge in [-0.15, -0.1) is 6.58 Å². The van der Waals surface area contributed by atoms with Gasteiger partial charge in [0.05, 0.1) is 0 Å². The lowest BCUT2D eigenvalue weighted by atomic mass is 9.85. The highest BCUT2D eigenvalue weighted by Gasteiger charge is 2.17. The lowest BCUT2D eigenvalue weighted by Gasteiger charge is -2.23. The Kier molecular flexibility index (Phi) is 4.26. The van der Waals surface area contributed by atoms with Crippen LogP contribution in [0.25, 0.3) is 0 Å². The molecule has 1 heteroatoms. The van der Waals surface area contributed by atoms with Crippen molar-refractivity contribution in [2.45, 2.75) is 38.4 Å². The first kappa shape index (κ1) is 10.2. The highest BCUT2D eigenvalue weighted by molar-refractivity contribution is 9.09. The summed E-state index contributed by atoms with van der Waals surface area (Å²) in [7, 11) is 0. The van der Waals surface area contributed by atoms with Crippen LogP contribution in [-0.2, 0) is 0 Å². The van der Waals surface area contributed by atoms with Crippen molar-refractivity contribution in [1.82, 2.24) is 0 Å². The fraction of sp³-hybridized carbons (Fsp3) is 0.778. The molecule has 10 heavy (non-hydrogen) atoms. The Hall–Kier alpha value is 0.220. The highest BCUT2D eigenvalue weighted by Crippen LogP contribution is 2.29. The number of allylic oxidation sites excluding steroid dienone is 1. The molecular weight excluding hydrogens is 188 g/mol. The van der Waals surface area contributed by atoms with Crippen LogP contribution in [0.3, 0.4) is 0 Å². The molecule has 0 spiro atoms. The monoisotopic (exact) mass is 204 g/mol. The molecule has 1 atom stereocenters. The van der Waals surface area contributed by atoms with E-state index in [9.17, 15) is 0 Å². The number of alkyl halides is 1. The Bertz CT molecular complexity index is 103. The van der Waals surface area contributed by atoms with E-state index in [4.69, 9.17) is 0 Å². The average molecular weight is 205 g/mol. The first-order valence-corrected chi connectivity index (χ1v) is 4.64. The van der Waals surface area contributed by atoms with E-state index in [1.807, 2.05) is 6.08 Å². The van der Waals surface area contributed by atoms with Crippen LogP contribution >= 0.6 is 15.9 Å². The quantitative estimate of drug-likeness (QED) is 0.484. The molecule has 0 fully saturated rings. The van der Waals surface area contributed by atoms with Crippen molar-refractivity contribution < 1.29 is 0 Å². The largest absolute Gasteiger partial charge is 0.103 e. The zero-order chi connectivity index (χ0) is 8.20. The second-order valence-electron chi connectivity index (χ2n) is 3.64. The Morgan fingerprint density at radius 1 is 1.60 bits per heavy atom. The van der Waals surface area contributed by atoms with Crippen LogP contribution in [0, 0.1) is 5.41 Å². The van der Waals surface area contributed by atoms with Crippen molar-refractivity contribution in [3.05, 3.63) is 12.7 Å². The summed E-state index contributed by atoms with van der Waals surface area (Å²) in [6.45, 7) is 10.5. The summed E-state index contributed by atoms with van der Waals surface area (Å²) in [5, 5.41) is 0. The summed E-state index contributed by atoms with van der Waals surface area (Å²) in [5.41, 5.74) is 0.407. The first-order valence-electron chi connectivity index (χ1n) is 3.73. The van der Waals surface area contributed by atoms with E-state index in [0.717, 1.165) is 6.42 Å². The van der Waals surface area contributed by atoms with Gasteiger partial charge >= 0.3 is 0 Å². The van der Waals surface area contributed by atoms with Crippen molar-refractivity contribution in [3.8, 4) is 0 Å². The molecule has 0 amide bonds. The molecule has 0 saturated carbocycles. The second-order valence-corrected chi connectivity index (χ2v) is 5.21. The average Bonchev–Trinajstić information content (AvgIpc) is 1.59. The SMILES string of the molecule is C=CCC(C)(C)CC(C)Br. The normalized spacial score (nSPS) is 14.8. The highest BCUT2D eigenvalue weighted by atomic mass is 79.9. The van der Waals surface area contributed by atoms with E-state index in [1.165, 1.54) is 6.42 Å². The molecule has 0 nitrogen and oxygen atoms in total. The van der Waals surface area contributed by atoms with Gasteiger partial charge in [0, 0.05) is 4.83 Å². The summed E-state index contributed by atoms with van der Waals surface area (Å²) in [6.07, 6.45) is 4.30. The van der Waals surface area contributed by atoms with E-state index in [-0.39, 0.29) is 0 Å². The van der Waals surface area contributed by atoms with Gasteiger partial charge in [-0.1, -0.05) is 42.8 Å². The lowest BCUT2D eigenvalue weighted by Crippen LogP contribution is -2.14. The predicted octanol–water partition coefficient (Wildman–Crippen LogP) is 3.76. The lowest BCUT2D eigenvalue weighted by molar-refractivity contribution is 0.342. The van der Waals surface area contributed by atoms with Gasteiger partial charge in [-0.3, -0.25) is 0 Å². The Morgan fingerprint density at radius 3 is 2.40 bits per heavy atom. The van der Waals surface area contributed by atoms with Crippen LogP contribution in [0.5, 0.6) is 0 Å². The van der Waals surface area contributed by atoms with Crippen molar-refractivity contribution in [2.24, 2.45) is 5.41 Å². The van der Waals surface area contributed by atoms with Crippen molar-refractivity contribution in [1.29, 1.82) is 0 Å². The van der Waals surface area contributed by atoms with Crippen LogP contribution in [0.2, 0.25) is 0 Å². The van der Waals surface area contributed by atoms with Gasteiger partial charge in [-0.2, -0.15) is 0 Å². The minimum absolute atomic E-state index is 0.407. The van der Waals surface area contributed by atoms with Crippen molar-refractivity contribution in [3.63, 3.8) is 0 Å². The molecule has 1 unspecified atom stereocenters. The molecule has 0 aromatic heterocycles. The topological polar surface area (TPSA) is 0 Å². The maximum Gasteiger partial charge on any atom is 0.0122 e. The van der Waals surface area contributed by atoms with Gasteiger partial charge in [-0.25, -0.2) is 0 Å². The van der Waals surface area contributed by atoms with Crippen molar-refractivity contribution >= 4 is 15.9 Å². The Balaban J connectivity index is 3.73. The molecule has 0 N–H and O–H groups in total. The zero-order valence-corrected chi connectivity index (χ0v) is 8.74. The van der Waals surface area contributed by atoms with Crippen LogP contribution in [0.1, 0.15) is 33.6 Å². The maximum atomic E-state index is 3.74. The Labute approximate surface area is 72.8 Å². The molecular formula is C9H17Br. The van der Waals surface area contributed by atoms with E-state index >= 15 is 0 Å². The van der Waals surface area contributed by atoms with E-state index in [2.05, 4.69) is 43.3 Å². The summed E-state index contributed by atoms with van der Waals surface area (Å²) in [6, 6.07) is 0. The number of hydrogen-bond acceptors (Lipinski definition) is 0. The number of halogens is 1. The van der Waals surface area contributed by atoms with E-state index in [0.29, 0.717) is 10.2 Å². The van der Waals surface area contributed by atoms with Crippen molar-refractivity contribution in [2.75, 3.05) is 0 Å². The van der Waals surface area contributed by atoms with Gasteiger partial charge in [0.2, 0.25) is 0 Å². The molecule has 0 aromatic rings. The standard InChI is InChI=1S/C9H17Br/c1-5-6-9(3,4)7-8(2)10/h5,8H,1,6-7H2,2-4H3. The zero-order valence-electron chi connectivity index (χ0n) is 7.15. The summed E-state index contributed by atoms with van der Waals surface area (Å²) < 4.78 is 0. The third-order valence-corrected chi connectivity index (χ3v) is 1.85. The molecule has 0 aromatic carbocycles. The Morgan fingerprint density at radius 2 is 2.10 bits per heavy atom. The van der Waals surface area contributed by atoms with E-state index in [1.54, 1.807) is 0 Å². The van der Waals surface area contributed by atoms with Crippen LogP contribution in [-0.4, -0.2) is 4.83 Å². The molecule has 0 radical (unpaired) electrons. The molecule has 0 bridgehead atoms. The first-order chi connectivity index (χ1) is 4.48. The number of rotatable bonds is 4. The van der Waals surface area contributed by atoms with Crippen LogP contribution in [0.4, 0.5) is 0 Å². The molecule has 0 aliphatic carbocycles.